The van der Waals surface area contributed by atoms with Crippen LogP contribution in [0.5, 0.6) is 0 Å². The molecule has 1 heterocycles. The molecule has 0 saturated carbocycles. The van der Waals surface area contributed by atoms with E-state index in [1.807, 2.05) is 0 Å². The standard InChI is InChI=1S/C9H3Cl2F3N2/c10-4-1-2-5-6(3-4)16-8(11)7(15-5)9(12,13)14/h1-3H. The van der Waals surface area contributed by atoms with Gasteiger partial charge in [-0.05, 0) is 18.2 Å². The summed E-state index contributed by atoms with van der Waals surface area (Å²) in [4.78, 5) is 7.01. The van der Waals surface area contributed by atoms with Crippen LogP contribution in [0.1, 0.15) is 5.69 Å². The van der Waals surface area contributed by atoms with Crippen molar-refractivity contribution >= 4 is 34.2 Å². The summed E-state index contributed by atoms with van der Waals surface area (Å²) in [7, 11) is 0. The molecule has 2 rings (SSSR count). The molecule has 1 aromatic carbocycles. The molecule has 84 valence electrons. The van der Waals surface area contributed by atoms with E-state index in [4.69, 9.17) is 23.2 Å². The zero-order valence-corrected chi connectivity index (χ0v) is 9.03. The molecule has 0 fully saturated rings. The molecule has 0 atom stereocenters. The highest BCUT2D eigenvalue weighted by molar-refractivity contribution is 6.31. The van der Waals surface area contributed by atoms with E-state index < -0.39 is 17.0 Å². The summed E-state index contributed by atoms with van der Waals surface area (Å²) < 4.78 is 37.3. The minimum atomic E-state index is -4.61. The van der Waals surface area contributed by atoms with E-state index in [1.54, 1.807) is 0 Å². The molecule has 7 heteroatoms. The first-order valence-corrected chi connectivity index (χ1v) is 4.83. The summed E-state index contributed by atoms with van der Waals surface area (Å²) in [6.45, 7) is 0. The number of halogens is 5. The summed E-state index contributed by atoms with van der Waals surface area (Å²) in [6.07, 6.45) is -4.61. The molecule has 0 unspecified atom stereocenters. The molecule has 0 N–H and O–H groups in total. The first-order chi connectivity index (χ1) is 7.38. The van der Waals surface area contributed by atoms with Crippen molar-refractivity contribution in [1.29, 1.82) is 0 Å². The molecule has 0 saturated heterocycles. The Morgan fingerprint density at radius 1 is 1.00 bits per heavy atom. The van der Waals surface area contributed by atoms with Crippen LogP contribution < -0.4 is 0 Å². The number of nitrogens with zero attached hydrogens (tertiary/aromatic N) is 2. The van der Waals surface area contributed by atoms with Crippen LogP contribution in [-0.4, -0.2) is 9.97 Å². The molecule has 0 radical (unpaired) electrons. The van der Waals surface area contributed by atoms with Gasteiger partial charge in [-0.1, -0.05) is 23.2 Å². The Morgan fingerprint density at radius 3 is 2.31 bits per heavy atom. The monoisotopic (exact) mass is 266 g/mol. The molecule has 2 nitrogen and oxygen atoms in total. The number of alkyl halides is 3. The third kappa shape index (κ3) is 2.05. The van der Waals surface area contributed by atoms with Crippen LogP contribution in [0.3, 0.4) is 0 Å². The molecule has 0 aliphatic carbocycles. The van der Waals surface area contributed by atoms with Crippen molar-refractivity contribution in [2.24, 2.45) is 0 Å². The summed E-state index contributed by atoms with van der Waals surface area (Å²) >= 11 is 11.1. The smallest absolute Gasteiger partial charge is 0.239 e. The maximum atomic E-state index is 12.4. The van der Waals surface area contributed by atoms with E-state index in [2.05, 4.69) is 9.97 Å². The second kappa shape index (κ2) is 3.75. The third-order valence-corrected chi connectivity index (χ3v) is 2.35. The molecule has 0 aliphatic heterocycles. The van der Waals surface area contributed by atoms with Gasteiger partial charge in [0.2, 0.25) is 0 Å². The van der Waals surface area contributed by atoms with Gasteiger partial charge in [0.25, 0.3) is 0 Å². The van der Waals surface area contributed by atoms with Crippen molar-refractivity contribution in [2.75, 3.05) is 0 Å². The topological polar surface area (TPSA) is 25.8 Å². The highest BCUT2D eigenvalue weighted by atomic mass is 35.5. The fourth-order valence-corrected chi connectivity index (χ4v) is 1.59. The fraction of sp³-hybridized carbons (Fsp3) is 0.111. The molecular weight excluding hydrogens is 264 g/mol. The van der Waals surface area contributed by atoms with Crippen molar-refractivity contribution < 1.29 is 13.2 Å². The predicted octanol–water partition coefficient (Wildman–Crippen LogP) is 3.96. The average molecular weight is 267 g/mol. The lowest BCUT2D eigenvalue weighted by Crippen LogP contribution is -2.10. The molecule has 0 amide bonds. The Hall–Kier alpha value is -1.07. The number of hydrogen-bond acceptors (Lipinski definition) is 2. The molecule has 0 bridgehead atoms. The Bertz CT molecular complexity index is 554. The maximum Gasteiger partial charge on any atom is 0.436 e. The van der Waals surface area contributed by atoms with Crippen LogP contribution in [0.2, 0.25) is 10.2 Å². The van der Waals surface area contributed by atoms with Gasteiger partial charge in [0.1, 0.15) is 0 Å². The van der Waals surface area contributed by atoms with Crippen molar-refractivity contribution in [3.63, 3.8) is 0 Å². The highest BCUT2D eigenvalue weighted by Crippen LogP contribution is 2.33. The summed E-state index contributed by atoms with van der Waals surface area (Å²) in [5.74, 6) is 0. The van der Waals surface area contributed by atoms with Crippen LogP contribution >= 0.6 is 23.2 Å². The van der Waals surface area contributed by atoms with Gasteiger partial charge in [0.05, 0.1) is 11.0 Å². The Morgan fingerprint density at radius 2 is 1.69 bits per heavy atom. The van der Waals surface area contributed by atoms with Gasteiger partial charge in [0, 0.05) is 5.02 Å². The highest BCUT2D eigenvalue weighted by Gasteiger charge is 2.36. The van der Waals surface area contributed by atoms with Gasteiger partial charge in [-0.15, -0.1) is 0 Å². The summed E-state index contributed by atoms with van der Waals surface area (Å²) in [6, 6.07) is 4.19. The predicted molar refractivity (Wildman–Crippen MR) is 54.6 cm³/mol. The fourth-order valence-electron chi connectivity index (χ4n) is 1.19. The van der Waals surface area contributed by atoms with Crippen molar-refractivity contribution in [2.45, 2.75) is 6.18 Å². The molecule has 1 aromatic heterocycles. The molecule has 0 spiro atoms. The number of hydrogen-bond donors (Lipinski definition) is 0. The van der Waals surface area contributed by atoms with Gasteiger partial charge < -0.3 is 0 Å². The minimum Gasteiger partial charge on any atom is -0.239 e. The summed E-state index contributed by atoms with van der Waals surface area (Å²) in [5, 5.41) is -0.320. The van der Waals surface area contributed by atoms with Gasteiger partial charge in [-0.3, -0.25) is 0 Å². The quantitative estimate of drug-likeness (QED) is 0.722. The second-order valence-corrected chi connectivity index (χ2v) is 3.79. The number of aromatic nitrogens is 2. The van der Waals surface area contributed by atoms with E-state index in [9.17, 15) is 13.2 Å². The van der Waals surface area contributed by atoms with Gasteiger partial charge in [-0.25, -0.2) is 9.97 Å². The molecular formula is C9H3Cl2F3N2. The Balaban J connectivity index is 2.72. The lowest BCUT2D eigenvalue weighted by molar-refractivity contribution is -0.141. The van der Waals surface area contributed by atoms with Gasteiger partial charge >= 0.3 is 6.18 Å². The van der Waals surface area contributed by atoms with Crippen molar-refractivity contribution in [3.8, 4) is 0 Å². The lowest BCUT2D eigenvalue weighted by atomic mass is 10.3. The van der Waals surface area contributed by atoms with E-state index in [0.717, 1.165) is 0 Å². The third-order valence-electron chi connectivity index (χ3n) is 1.85. The number of fused-ring (bicyclic) bond motifs is 1. The van der Waals surface area contributed by atoms with Crippen LogP contribution in [0, 0.1) is 0 Å². The average Bonchev–Trinajstić information content (AvgIpc) is 2.14. The van der Waals surface area contributed by atoms with Gasteiger partial charge in [0.15, 0.2) is 10.8 Å². The normalized spacial score (nSPS) is 12.1. The minimum absolute atomic E-state index is 0.0983. The van der Waals surface area contributed by atoms with E-state index in [0.29, 0.717) is 5.02 Å². The van der Waals surface area contributed by atoms with Crippen LogP contribution in [0.25, 0.3) is 11.0 Å². The van der Waals surface area contributed by atoms with Crippen LogP contribution in [0.15, 0.2) is 18.2 Å². The molecule has 16 heavy (non-hydrogen) atoms. The van der Waals surface area contributed by atoms with Crippen LogP contribution in [0.4, 0.5) is 13.2 Å². The number of rotatable bonds is 0. The first kappa shape index (κ1) is 11.4. The molecule has 0 aliphatic rings. The van der Waals surface area contributed by atoms with Gasteiger partial charge in [-0.2, -0.15) is 13.2 Å². The SMILES string of the molecule is FC(F)(F)c1nc2ccc(Cl)cc2nc1Cl. The Kier molecular flexibility index (Phi) is 2.67. The lowest BCUT2D eigenvalue weighted by Gasteiger charge is -2.08. The first-order valence-electron chi connectivity index (χ1n) is 4.08. The van der Waals surface area contributed by atoms with E-state index in [-0.39, 0.29) is 11.0 Å². The number of benzene rings is 1. The maximum absolute atomic E-state index is 12.4. The van der Waals surface area contributed by atoms with E-state index >= 15 is 0 Å². The second-order valence-electron chi connectivity index (χ2n) is 2.99. The van der Waals surface area contributed by atoms with Crippen LogP contribution in [-0.2, 0) is 6.18 Å². The molecule has 2 aromatic rings. The van der Waals surface area contributed by atoms with E-state index in [1.165, 1.54) is 18.2 Å². The summed E-state index contributed by atoms with van der Waals surface area (Å²) in [5.41, 5.74) is -0.865. The zero-order chi connectivity index (χ0) is 11.9. The Labute approximate surface area is 98.0 Å². The largest absolute Gasteiger partial charge is 0.436 e. The van der Waals surface area contributed by atoms with Crippen molar-refractivity contribution in [1.82, 2.24) is 9.97 Å². The zero-order valence-electron chi connectivity index (χ0n) is 7.52. The van der Waals surface area contributed by atoms with Crippen molar-refractivity contribution in [3.05, 3.63) is 34.1 Å².